The van der Waals surface area contributed by atoms with E-state index in [-0.39, 0.29) is 5.41 Å². The average molecular weight is 314 g/mol. The Balaban J connectivity index is 2.92. The summed E-state index contributed by atoms with van der Waals surface area (Å²) in [5.41, 5.74) is 1.43. The topological polar surface area (TPSA) is 31.4 Å². The zero-order valence-electron chi connectivity index (χ0n) is 12.2. The fraction of sp³-hybridized carbons (Fsp3) is 0.400. The number of methoxy groups -OCH3 is 2. The zero-order valence-corrected chi connectivity index (χ0v) is 13.7. The fourth-order valence-corrected chi connectivity index (χ4v) is 2.57. The van der Waals surface area contributed by atoms with Crippen molar-refractivity contribution in [3.63, 3.8) is 0 Å². The molecule has 5 heteroatoms. The Kier molecular flexibility index (Phi) is 4.03. The molecule has 2 aromatic rings. The third-order valence-electron chi connectivity index (χ3n) is 3.10. The lowest BCUT2D eigenvalue weighted by Gasteiger charge is -2.20. The Labute approximate surface area is 128 Å². The predicted octanol–water partition coefficient (Wildman–Crippen LogP) is 4.86. The van der Waals surface area contributed by atoms with Crippen LogP contribution in [0.1, 0.15) is 26.5 Å². The number of fused-ring (bicyclic) bond motifs is 1. The van der Waals surface area contributed by atoms with Crippen LogP contribution in [0, 0.1) is 0 Å². The Morgan fingerprint density at radius 2 is 1.65 bits per heavy atom. The van der Waals surface area contributed by atoms with Crippen LogP contribution in [0.3, 0.4) is 0 Å². The molecule has 0 amide bonds. The standard InChI is InChI=1S/C15H17Cl2NO2/c1-15(2,3)11-7-8(16)12-13(18-11)10(19-4)6-9(17)14(12)20-5/h6-7H,1-5H3. The highest BCUT2D eigenvalue weighted by atomic mass is 35.5. The van der Waals surface area contributed by atoms with Gasteiger partial charge in [0.25, 0.3) is 0 Å². The van der Waals surface area contributed by atoms with E-state index in [0.717, 1.165) is 5.69 Å². The molecule has 0 spiro atoms. The first-order chi connectivity index (χ1) is 9.29. The molecular formula is C15H17Cl2NO2. The Morgan fingerprint density at radius 1 is 1.00 bits per heavy atom. The van der Waals surface area contributed by atoms with E-state index >= 15 is 0 Å². The maximum atomic E-state index is 6.42. The second kappa shape index (κ2) is 5.30. The van der Waals surface area contributed by atoms with Gasteiger partial charge in [-0.2, -0.15) is 0 Å². The molecule has 0 radical (unpaired) electrons. The molecule has 2 rings (SSSR count). The minimum absolute atomic E-state index is 0.115. The summed E-state index contributed by atoms with van der Waals surface area (Å²) in [6, 6.07) is 3.54. The molecule has 0 unspecified atom stereocenters. The summed E-state index contributed by atoms with van der Waals surface area (Å²) in [5.74, 6) is 1.10. The van der Waals surface area contributed by atoms with Gasteiger partial charge < -0.3 is 9.47 Å². The number of halogens is 2. The molecule has 0 saturated carbocycles. The Bertz CT molecular complexity index is 663. The van der Waals surface area contributed by atoms with Crippen LogP contribution >= 0.6 is 23.2 Å². The second-order valence-electron chi connectivity index (χ2n) is 5.56. The van der Waals surface area contributed by atoms with E-state index in [0.29, 0.717) is 32.4 Å². The average Bonchev–Trinajstić information content (AvgIpc) is 2.37. The molecule has 0 aliphatic rings. The normalized spacial score (nSPS) is 11.8. The van der Waals surface area contributed by atoms with Gasteiger partial charge in [0.05, 0.1) is 29.7 Å². The van der Waals surface area contributed by atoms with Gasteiger partial charge in [0.15, 0.2) is 0 Å². The summed E-state index contributed by atoms with van der Waals surface area (Å²) in [6.45, 7) is 6.24. The van der Waals surface area contributed by atoms with Gasteiger partial charge in [-0.05, 0) is 6.07 Å². The van der Waals surface area contributed by atoms with Crippen LogP contribution in [0.2, 0.25) is 10.0 Å². The van der Waals surface area contributed by atoms with Gasteiger partial charge in [-0.3, -0.25) is 0 Å². The van der Waals surface area contributed by atoms with Crippen LogP contribution < -0.4 is 9.47 Å². The highest BCUT2D eigenvalue weighted by molar-refractivity contribution is 6.38. The SMILES string of the molecule is COc1cc(Cl)c(OC)c2c(Cl)cc(C(C)(C)C)nc12. The number of rotatable bonds is 2. The van der Waals surface area contributed by atoms with E-state index in [9.17, 15) is 0 Å². The van der Waals surface area contributed by atoms with Gasteiger partial charge in [0.2, 0.25) is 0 Å². The van der Waals surface area contributed by atoms with Crippen LogP contribution in [-0.2, 0) is 5.41 Å². The number of hydrogen-bond donors (Lipinski definition) is 0. The summed E-state index contributed by atoms with van der Waals surface area (Å²) in [5, 5.41) is 1.67. The summed E-state index contributed by atoms with van der Waals surface area (Å²) in [4.78, 5) is 4.68. The molecule has 1 aromatic carbocycles. The molecule has 3 nitrogen and oxygen atoms in total. The van der Waals surface area contributed by atoms with Gasteiger partial charge in [-0.1, -0.05) is 44.0 Å². The van der Waals surface area contributed by atoms with Crippen LogP contribution in [0.4, 0.5) is 0 Å². The van der Waals surface area contributed by atoms with E-state index in [2.05, 4.69) is 25.8 Å². The number of pyridine rings is 1. The summed E-state index contributed by atoms with van der Waals surface area (Å²) < 4.78 is 10.7. The maximum absolute atomic E-state index is 6.42. The summed E-state index contributed by atoms with van der Waals surface area (Å²) >= 11 is 12.6. The van der Waals surface area contributed by atoms with E-state index < -0.39 is 0 Å². The molecule has 0 atom stereocenters. The van der Waals surface area contributed by atoms with Crippen LogP contribution in [-0.4, -0.2) is 19.2 Å². The van der Waals surface area contributed by atoms with Gasteiger partial charge in [-0.15, -0.1) is 0 Å². The van der Waals surface area contributed by atoms with Crippen LogP contribution in [0.15, 0.2) is 12.1 Å². The van der Waals surface area contributed by atoms with E-state index in [1.807, 2.05) is 6.07 Å². The number of benzene rings is 1. The fourth-order valence-electron chi connectivity index (χ4n) is 2.02. The second-order valence-corrected chi connectivity index (χ2v) is 6.37. The number of ether oxygens (including phenoxy) is 2. The van der Waals surface area contributed by atoms with Gasteiger partial charge in [0, 0.05) is 17.2 Å². The van der Waals surface area contributed by atoms with Crippen molar-refractivity contribution >= 4 is 34.1 Å². The van der Waals surface area contributed by atoms with Crippen LogP contribution in [0.5, 0.6) is 11.5 Å². The molecule has 0 fully saturated rings. The summed E-state index contributed by atoms with van der Waals surface area (Å²) in [7, 11) is 3.14. The first-order valence-corrected chi connectivity index (χ1v) is 6.96. The minimum atomic E-state index is -0.115. The molecule has 1 heterocycles. The maximum Gasteiger partial charge on any atom is 0.148 e. The van der Waals surface area contributed by atoms with Gasteiger partial charge in [0.1, 0.15) is 17.0 Å². The molecule has 0 aliphatic carbocycles. The lowest BCUT2D eigenvalue weighted by atomic mass is 9.91. The predicted molar refractivity (Wildman–Crippen MR) is 83.6 cm³/mol. The first-order valence-electron chi connectivity index (χ1n) is 6.20. The molecule has 20 heavy (non-hydrogen) atoms. The molecule has 0 saturated heterocycles. The van der Waals surface area contributed by atoms with Crippen molar-refractivity contribution in [2.45, 2.75) is 26.2 Å². The Morgan fingerprint density at radius 3 is 2.15 bits per heavy atom. The molecule has 0 bridgehead atoms. The van der Waals surface area contributed by atoms with E-state index in [1.54, 1.807) is 20.3 Å². The van der Waals surface area contributed by atoms with Crippen molar-refractivity contribution in [2.24, 2.45) is 0 Å². The van der Waals surface area contributed by atoms with Crippen molar-refractivity contribution in [1.82, 2.24) is 4.98 Å². The number of nitrogens with zero attached hydrogens (tertiary/aromatic N) is 1. The zero-order chi connectivity index (χ0) is 15.1. The first kappa shape index (κ1) is 15.2. The minimum Gasteiger partial charge on any atom is -0.494 e. The number of hydrogen-bond acceptors (Lipinski definition) is 3. The smallest absolute Gasteiger partial charge is 0.148 e. The summed E-state index contributed by atoms with van der Waals surface area (Å²) in [6.07, 6.45) is 0. The quantitative estimate of drug-likeness (QED) is 0.793. The van der Waals surface area contributed by atoms with E-state index in [4.69, 9.17) is 32.7 Å². The monoisotopic (exact) mass is 313 g/mol. The Hall–Kier alpha value is -1.19. The third kappa shape index (κ3) is 2.52. The molecule has 1 aromatic heterocycles. The van der Waals surface area contributed by atoms with Crippen molar-refractivity contribution < 1.29 is 9.47 Å². The number of aromatic nitrogens is 1. The van der Waals surface area contributed by atoms with Crippen molar-refractivity contribution in [3.05, 3.63) is 27.9 Å². The highest BCUT2D eigenvalue weighted by Gasteiger charge is 2.22. The third-order valence-corrected chi connectivity index (χ3v) is 3.68. The molecular weight excluding hydrogens is 297 g/mol. The lowest BCUT2D eigenvalue weighted by molar-refractivity contribution is 0.409. The van der Waals surface area contributed by atoms with Crippen LogP contribution in [0.25, 0.3) is 10.9 Å². The van der Waals surface area contributed by atoms with Gasteiger partial charge >= 0.3 is 0 Å². The molecule has 0 aliphatic heterocycles. The molecule has 0 N–H and O–H groups in total. The van der Waals surface area contributed by atoms with Crippen molar-refractivity contribution in [1.29, 1.82) is 0 Å². The van der Waals surface area contributed by atoms with Crippen molar-refractivity contribution in [3.8, 4) is 11.5 Å². The highest BCUT2D eigenvalue weighted by Crippen LogP contribution is 2.43. The largest absolute Gasteiger partial charge is 0.494 e. The van der Waals surface area contributed by atoms with E-state index in [1.165, 1.54) is 0 Å². The van der Waals surface area contributed by atoms with Gasteiger partial charge in [-0.25, -0.2) is 4.98 Å². The lowest BCUT2D eigenvalue weighted by Crippen LogP contribution is -2.13. The van der Waals surface area contributed by atoms with Crippen molar-refractivity contribution in [2.75, 3.05) is 14.2 Å². The molecule has 108 valence electrons.